The minimum absolute atomic E-state index is 0.235. The van der Waals surface area contributed by atoms with Crippen molar-refractivity contribution in [2.24, 2.45) is 0 Å². The van der Waals surface area contributed by atoms with Crippen LogP contribution >= 0.6 is 0 Å². The van der Waals surface area contributed by atoms with Crippen molar-refractivity contribution in [3.8, 4) is 11.5 Å². The maximum atomic E-state index is 12.2. The number of sulfonamides is 1. The molecule has 0 aliphatic heterocycles. The molecule has 0 aliphatic rings. The van der Waals surface area contributed by atoms with Gasteiger partial charge in [-0.15, -0.1) is 0 Å². The molecule has 25 heavy (non-hydrogen) atoms. The van der Waals surface area contributed by atoms with Gasteiger partial charge in [-0.1, -0.05) is 12.1 Å². The van der Waals surface area contributed by atoms with Crippen LogP contribution in [0, 0.1) is 0 Å². The highest BCUT2D eigenvalue weighted by Gasteiger charge is 2.13. The number of amides is 1. The van der Waals surface area contributed by atoms with Crippen molar-refractivity contribution in [1.29, 1.82) is 0 Å². The first-order valence-corrected chi connectivity index (χ1v) is 9.40. The summed E-state index contributed by atoms with van der Waals surface area (Å²) in [5, 5.41) is 2.69. The smallest absolute Gasteiger partial charge is 0.253 e. The van der Waals surface area contributed by atoms with Crippen LogP contribution in [0.4, 0.5) is 5.69 Å². The predicted molar refractivity (Wildman–Crippen MR) is 95.7 cm³/mol. The van der Waals surface area contributed by atoms with E-state index in [1.54, 1.807) is 49.6 Å². The molecule has 1 amide bonds. The second-order valence-electron chi connectivity index (χ2n) is 5.20. The number of hydrogen-bond acceptors (Lipinski definition) is 5. The molecule has 134 valence electrons. The lowest BCUT2D eigenvalue weighted by molar-refractivity contribution is 0.0948. The van der Waals surface area contributed by atoms with Crippen LogP contribution in [-0.4, -0.2) is 40.8 Å². The second-order valence-corrected chi connectivity index (χ2v) is 6.95. The molecule has 0 radical (unpaired) electrons. The number of benzene rings is 2. The minimum Gasteiger partial charge on any atom is -0.497 e. The molecule has 2 rings (SSSR count). The number of ether oxygens (including phenoxy) is 2. The van der Waals surface area contributed by atoms with Crippen molar-refractivity contribution in [3.63, 3.8) is 0 Å². The van der Waals surface area contributed by atoms with E-state index in [0.717, 1.165) is 12.0 Å². The first-order chi connectivity index (χ1) is 11.9. The Labute approximate surface area is 147 Å². The van der Waals surface area contributed by atoms with E-state index in [2.05, 4.69) is 10.0 Å². The average molecular weight is 364 g/mol. The third-order valence-electron chi connectivity index (χ3n) is 3.18. The van der Waals surface area contributed by atoms with Crippen LogP contribution in [-0.2, 0) is 10.0 Å². The minimum atomic E-state index is -3.47. The Bertz CT molecular complexity index is 819. The van der Waals surface area contributed by atoms with Crippen LogP contribution in [0.1, 0.15) is 10.4 Å². The van der Waals surface area contributed by atoms with E-state index in [1.807, 2.05) is 0 Å². The molecule has 8 heteroatoms. The van der Waals surface area contributed by atoms with Crippen LogP contribution in [0.2, 0.25) is 0 Å². The van der Waals surface area contributed by atoms with E-state index < -0.39 is 10.0 Å². The fourth-order valence-electron chi connectivity index (χ4n) is 2.07. The number of carbonyl (C=O) groups is 1. The quantitative estimate of drug-likeness (QED) is 0.698. The standard InChI is InChI=1S/C17H20N2O5S/c1-23-13-7-9-14(10-8-13)24-12-11-18-17(20)15-5-3-4-6-16(15)19-25(2,21)22/h3-10,19H,11-12H2,1-2H3,(H,18,20). The Morgan fingerprint density at radius 3 is 2.32 bits per heavy atom. The Morgan fingerprint density at radius 2 is 1.68 bits per heavy atom. The lowest BCUT2D eigenvalue weighted by Gasteiger charge is -2.11. The lowest BCUT2D eigenvalue weighted by Crippen LogP contribution is -2.29. The maximum Gasteiger partial charge on any atom is 0.253 e. The molecule has 0 spiro atoms. The first kappa shape index (κ1) is 18.6. The summed E-state index contributed by atoms with van der Waals surface area (Å²) in [6.45, 7) is 0.553. The molecule has 2 aromatic rings. The second kappa shape index (κ2) is 8.39. The number of anilines is 1. The van der Waals surface area contributed by atoms with Crippen molar-refractivity contribution >= 4 is 21.6 Å². The van der Waals surface area contributed by atoms with Crippen LogP contribution in [0.15, 0.2) is 48.5 Å². The van der Waals surface area contributed by atoms with E-state index in [-0.39, 0.29) is 30.3 Å². The van der Waals surface area contributed by atoms with Crippen molar-refractivity contribution in [3.05, 3.63) is 54.1 Å². The monoisotopic (exact) mass is 364 g/mol. The molecule has 0 heterocycles. The zero-order valence-electron chi connectivity index (χ0n) is 14.0. The highest BCUT2D eigenvalue weighted by Crippen LogP contribution is 2.17. The molecule has 0 aliphatic carbocycles. The third kappa shape index (κ3) is 6.00. The summed E-state index contributed by atoms with van der Waals surface area (Å²) in [4.78, 5) is 12.2. The van der Waals surface area contributed by atoms with E-state index in [9.17, 15) is 13.2 Å². The van der Waals surface area contributed by atoms with Gasteiger partial charge in [-0.3, -0.25) is 9.52 Å². The van der Waals surface area contributed by atoms with Gasteiger partial charge >= 0.3 is 0 Å². The van der Waals surface area contributed by atoms with E-state index in [1.165, 1.54) is 6.07 Å². The maximum absolute atomic E-state index is 12.2. The Balaban J connectivity index is 1.88. The van der Waals surface area contributed by atoms with Gasteiger partial charge in [0.2, 0.25) is 10.0 Å². The summed E-state index contributed by atoms with van der Waals surface area (Å²) in [6, 6.07) is 13.5. The zero-order chi connectivity index (χ0) is 18.3. The summed E-state index contributed by atoms with van der Waals surface area (Å²) >= 11 is 0. The lowest BCUT2D eigenvalue weighted by atomic mass is 10.1. The summed E-state index contributed by atoms with van der Waals surface area (Å²) < 4.78 is 35.6. The average Bonchev–Trinajstić information content (AvgIpc) is 2.58. The van der Waals surface area contributed by atoms with Crippen molar-refractivity contribution in [1.82, 2.24) is 5.32 Å². The number of para-hydroxylation sites is 1. The highest BCUT2D eigenvalue weighted by molar-refractivity contribution is 7.92. The summed E-state index contributed by atoms with van der Waals surface area (Å²) in [6.07, 6.45) is 1.03. The molecule has 0 unspecified atom stereocenters. The van der Waals surface area contributed by atoms with E-state index in [0.29, 0.717) is 5.75 Å². The fraction of sp³-hybridized carbons (Fsp3) is 0.235. The molecule has 0 atom stereocenters. The number of carbonyl (C=O) groups excluding carboxylic acids is 1. The van der Waals surface area contributed by atoms with Gasteiger partial charge in [-0.25, -0.2) is 8.42 Å². The Kier molecular flexibility index (Phi) is 6.24. The Hall–Kier alpha value is -2.74. The molecule has 2 N–H and O–H groups in total. The third-order valence-corrected chi connectivity index (χ3v) is 3.77. The predicted octanol–water partition coefficient (Wildman–Crippen LogP) is 1.88. The van der Waals surface area contributed by atoms with E-state index in [4.69, 9.17) is 9.47 Å². The molecule has 7 nitrogen and oxygen atoms in total. The molecule has 2 aromatic carbocycles. The van der Waals surface area contributed by atoms with Crippen molar-refractivity contribution in [2.75, 3.05) is 31.2 Å². The van der Waals surface area contributed by atoms with Gasteiger partial charge in [-0.2, -0.15) is 0 Å². The SMILES string of the molecule is COc1ccc(OCCNC(=O)c2ccccc2NS(C)(=O)=O)cc1. The molecule has 0 bridgehead atoms. The summed E-state index contributed by atoms with van der Waals surface area (Å²) in [5.74, 6) is 1.01. The van der Waals surface area contributed by atoms with Crippen LogP contribution in [0.25, 0.3) is 0 Å². The van der Waals surface area contributed by atoms with Gasteiger partial charge in [0.15, 0.2) is 0 Å². The van der Waals surface area contributed by atoms with Crippen LogP contribution in [0.3, 0.4) is 0 Å². The number of rotatable bonds is 8. The van der Waals surface area contributed by atoms with Crippen molar-refractivity contribution in [2.45, 2.75) is 0 Å². The van der Waals surface area contributed by atoms with Crippen LogP contribution < -0.4 is 19.5 Å². The topological polar surface area (TPSA) is 93.7 Å². The van der Waals surface area contributed by atoms with E-state index >= 15 is 0 Å². The molecular formula is C17H20N2O5S. The molecular weight excluding hydrogens is 344 g/mol. The van der Waals surface area contributed by atoms with Gasteiger partial charge in [0.25, 0.3) is 5.91 Å². The molecule has 0 saturated carbocycles. The zero-order valence-corrected chi connectivity index (χ0v) is 14.8. The molecule has 0 aromatic heterocycles. The van der Waals surface area contributed by atoms with Gasteiger partial charge in [-0.05, 0) is 36.4 Å². The van der Waals surface area contributed by atoms with Gasteiger partial charge in [0.05, 0.1) is 31.2 Å². The molecule has 0 fully saturated rings. The summed E-state index contributed by atoms with van der Waals surface area (Å²) in [5.41, 5.74) is 0.482. The number of hydrogen-bond donors (Lipinski definition) is 2. The Morgan fingerprint density at radius 1 is 1.04 bits per heavy atom. The summed E-state index contributed by atoms with van der Waals surface area (Å²) in [7, 11) is -1.88. The molecule has 0 saturated heterocycles. The largest absolute Gasteiger partial charge is 0.497 e. The fourth-order valence-corrected chi connectivity index (χ4v) is 2.65. The van der Waals surface area contributed by atoms with Crippen LogP contribution in [0.5, 0.6) is 11.5 Å². The number of nitrogens with one attached hydrogen (secondary N) is 2. The van der Waals surface area contributed by atoms with Gasteiger partial charge in [0, 0.05) is 0 Å². The first-order valence-electron chi connectivity index (χ1n) is 7.51. The number of methoxy groups -OCH3 is 1. The highest BCUT2D eigenvalue weighted by atomic mass is 32.2. The van der Waals surface area contributed by atoms with Gasteiger partial charge < -0.3 is 14.8 Å². The van der Waals surface area contributed by atoms with Gasteiger partial charge in [0.1, 0.15) is 18.1 Å². The normalized spacial score (nSPS) is 10.8. The van der Waals surface area contributed by atoms with Crippen molar-refractivity contribution < 1.29 is 22.7 Å².